The SMILES string of the molecule is CC(C)N(CCC(c1ccccc1)c1cc(CO)ccc1OC(=O)[C@H](O)c1ccccc1)C(C)C. The van der Waals surface area contributed by atoms with E-state index in [1.165, 1.54) is 0 Å². The summed E-state index contributed by atoms with van der Waals surface area (Å²) in [5, 5.41) is 20.4. The first-order valence-corrected chi connectivity index (χ1v) is 12.3. The predicted molar refractivity (Wildman–Crippen MR) is 139 cm³/mol. The van der Waals surface area contributed by atoms with Gasteiger partial charge in [0, 0.05) is 23.6 Å². The van der Waals surface area contributed by atoms with E-state index in [0.717, 1.165) is 29.7 Å². The van der Waals surface area contributed by atoms with Crippen molar-refractivity contribution in [2.45, 2.75) is 64.8 Å². The number of aliphatic hydroxyl groups excluding tert-OH is 2. The van der Waals surface area contributed by atoms with Crippen LogP contribution in [-0.4, -0.2) is 39.7 Å². The number of carbonyl (C=O) groups is 1. The Morgan fingerprint density at radius 1 is 0.857 bits per heavy atom. The predicted octanol–water partition coefficient (Wildman–Crippen LogP) is 5.46. The van der Waals surface area contributed by atoms with Crippen LogP contribution >= 0.6 is 0 Å². The molecule has 3 aromatic carbocycles. The highest BCUT2D eigenvalue weighted by molar-refractivity contribution is 5.79. The standard InChI is InChI=1S/C30H37NO4/c1-21(2)31(22(3)4)18-17-26(24-11-7-5-8-12-24)27-19-23(20-32)15-16-28(27)35-30(34)29(33)25-13-9-6-10-14-25/h5-16,19,21-22,26,29,32-33H,17-18,20H2,1-4H3/t26?,29-/m1/s1. The number of rotatable bonds is 11. The molecule has 5 nitrogen and oxygen atoms in total. The lowest BCUT2D eigenvalue weighted by molar-refractivity contribution is -0.144. The third-order valence-electron chi connectivity index (χ3n) is 6.39. The lowest BCUT2D eigenvalue weighted by Gasteiger charge is -2.32. The van der Waals surface area contributed by atoms with E-state index < -0.39 is 12.1 Å². The van der Waals surface area contributed by atoms with E-state index in [4.69, 9.17) is 4.74 Å². The van der Waals surface area contributed by atoms with Gasteiger partial charge in [0.05, 0.1) is 6.61 Å². The smallest absolute Gasteiger partial charge is 0.345 e. The van der Waals surface area contributed by atoms with Crippen molar-refractivity contribution < 1.29 is 19.7 Å². The van der Waals surface area contributed by atoms with Crippen molar-refractivity contribution in [2.24, 2.45) is 0 Å². The molecule has 2 atom stereocenters. The van der Waals surface area contributed by atoms with E-state index in [-0.39, 0.29) is 12.5 Å². The molecule has 0 heterocycles. The number of nitrogens with zero attached hydrogens (tertiary/aromatic N) is 1. The van der Waals surface area contributed by atoms with Gasteiger partial charge in [0.1, 0.15) is 5.75 Å². The molecule has 0 aliphatic heterocycles. The molecule has 0 amide bonds. The van der Waals surface area contributed by atoms with Crippen LogP contribution in [0.3, 0.4) is 0 Å². The van der Waals surface area contributed by atoms with Crippen LogP contribution in [0.15, 0.2) is 78.9 Å². The summed E-state index contributed by atoms with van der Waals surface area (Å²) >= 11 is 0. The molecular formula is C30H37NO4. The van der Waals surface area contributed by atoms with Gasteiger partial charge in [-0.1, -0.05) is 66.7 Å². The zero-order valence-electron chi connectivity index (χ0n) is 21.1. The summed E-state index contributed by atoms with van der Waals surface area (Å²) in [6, 6.07) is 25.1. The van der Waals surface area contributed by atoms with Crippen LogP contribution in [0.25, 0.3) is 0 Å². The van der Waals surface area contributed by atoms with Crippen LogP contribution < -0.4 is 4.74 Å². The second-order valence-corrected chi connectivity index (χ2v) is 9.44. The topological polar surface area (TPSA) is 70.0 Å². The van der Waals surface area contributed by atoms with Crippen LogP contribution in [-0.2, 0) is 11.4 Å². The molecule has 35 heavy (non-hydrogen) atoms. The van der Waals surface area contributed by atoms with Crippen molar-refractivity contribution in [1.82, 2.24) is 4.90 Å². The van der Waals surface area contributed by atoms with Gasteiger partial charge in [0.2, 0.25) is 0 Å². The Labute approximate surface area is 209 Å². The molecule has 0 aromatic heterocycles. The maximum Gasteiger partial charge on any atom is 0.345 e. The summed E-state index contributed by atoms with van der Waals surface area (Å²) in [6.45, 7) is 9.53. The molecule has 0 saturated carbocycles. The van der Waals surface area contributed by atoms with Gasteiger partial charge in [-0.3, -0.25) is 4.90 Å². The number of ether oxygens (including phenoxy) is 1. The number of hydrogen-bond acceptors (Lipinski definition) is 5. The molecule has 0 aliphatic carbocycles. The molecule has 0 spiro atoms. The molecule has 0 radical (unpaired) electrons. The van der Waals surface area contributed by atoms with Crippen molar-refractivity contribution in [3.05, 3.63) is 101 Å². The molecule has 0 aliphatic rings. The molecule has 0 bridgehead atoms. The lowest BCUT2D eigenvalue weighted by Crippen LogP contribution is -2.38. The first kappa shape index (κ1) is 26.6. The zero-order chi connectivity index (χ0) is 25.4. The number of esters is 1. The summed E-state index contributed by atoms with van der Waals surface area (Å²) < 4.78 is 5.78. The van der Waals surface area contributed by atoms with E-state index in [0.29, 0.717) is 23.4 Å². The number of hydrogen-bond donors (Lipinski definition) is 2. The Balaban J connectivity index is 1.97. The minimum Gasteiger partial charge on any atom is -0.424 e. The van der Waals surface area contributed by atoms with Crippen LogP contribution in [0.1, 0.15) is 68.4 Å². The van der Waals surface area contributed by atoms with Gasteiger partial charge in [0.25, 0.3) is 0 Å². The summed E-state index contributed by atoms with van der Waals surface area (Å²) in [7, 11) is 0. The molecule has 3 rings (SSSR count). The van der Waals surface area contributed by atoms with Gasteiger partial charge in [0.15, 0.2) is 6.10 Å². The fourth-order valence-corrected chi connectivity index (χ4v) is 4.58. The fraction of sp³-hybridized carbons (Fsp3) is 0.367. The van der Waals surface area contributed by atoms with Gasteiger partial charge < -0.3 is 14.9 Å². The quantitative estimate of drug-likeness (QED) is 0.285. The van der Waals surface area contributed by atoms with Crippen molar-refractivity contribution >= 4 is 5.97 Å². The first-order valence-electron chi connectivity index (χ1n) is 12.3. The van der Waals surface area contributed by atoms with E-state index in [1.807, 2.05) is 30.3 Å². The largest absolute Gasteiger partial charge is 0.424 e. The van der Waals surface area contributed by atoms with Crippen molar-refractivity contribution in [3.8, 4) is 5.75 Å². The van der Waals surface area contributed by atoms with Crippen LogP contribution in [0, 0.1) is 0 Å². The monoisotopic (exact) mass is 475 g/mol. The molecule has 186 valence electrons. The highest BCUT2D eigenvalue weighted by atomic mass is 16.5. The summed E-state index contributed by atoms with van der Waals surface area (Å²) in [5.74, 6) is -0.386. The van der Waals surface area contributed by atoms with Gasteiger partial charge in [-0.15, -0.1) is 0 Å². The average molecular weight is 476 g/mol. The number of aliphatic hydroxyl groups is 2. The third kappa shape index (κ3) is 7.01. The van der Waals surface area contributed by atoms with Crippen molar-refractivity contribution in [1.29, 1.82) is 0 Å². The highest BCUT2D eigenvalue weighted by Gasteiger charge is 2.25. The van der Waals surface area contributed by atoms with E-state index in [1.54, 1.807) is 36.4 Å². The summed E-state index contributed by atoms with van der Waals surface area (Å²) in [6.07, 6.45) is -0.574. The fourth-order valence-electron chi connectivity index (χ4n) is 4.58. The number of carbonyl (C=O) groups excluding carboxylic acids is 1. The average Bonchev–Trinajstić information content (AvgIpc) is 2.87. The molecule has 0 fully saturated rings. The van der Waals surface area contributed by atoms with Crippen LogP contribution in [0.2, 0.25) is 0 Å². The first-order chi connectivity index (χ1) is 16.8. The maximum absolute atomic E-state index is 12.9. The second-order valence-electron chi connectivity index (χ2n) is 9.44. The Kier molecular flexibility index (Phi) is 9.61. The maximum atomic E-state index is 12.9. The van der Waals surface area contributed by atoms with E-state index in [9.17, 15) is 15.0 Å². The third-order valence-corrected chi connectivity index (χ3v) is 6.39. The van der Waals surface area contributed by atoms with Gasteiger partial charge >= 0.3 is 5.97 Å². The highest BCUT2D eigenvalue weighted by Crippen LogP contribution is 2.36. The summed E-state index contributed by atoms with van der Waals surface area (Å²) in [4.78, 5) is 15.3. The Morgan fingerprint density at radius 2 is 1.43 bits per heavy atom. The Bertz CT molecular complexity index is 1060. The van der Waals surface area contributed by atoms with Crippen LogP contribution in [0.4, 0.5) is 0 Å². The zero-order valence-corrected chi connectivity index (χ0v) is 21.1. The van der Waals surface area contributed by atoms with Crippen molar-refractivity contribution in [3.63, 3.8) is 0 Å². The van der Waals surface area contributed by atoms with E-state index in [2.05, 4.69) is 44.7 Å². The summed E-state index contributed by atoms with van der Waals surface area (Å²) in [5.41, 5.74) is 3.16. The molecule has 0 saturated heterocycles. The van der Waals surface area contributed by atoms with Gasteiger partial charge in [-0.2, -0.15) is 0 Å². The lowest BCUT2D eigenvalue weighted by atomic mass is 9.86. The molecular weight excluding hydrogens is 438 g/mol. The normalized spacial score (nSPS) is 13.3. The van der Waals surface area contributed by atoms with Crippen LogP contribution in [0.5, 0.6) is 5.75 Å². The van der Waals surface area contributed by atoms with Gasteiger partial charge in [-0.05, 0) is 69.5 Å². The minimum absolute atomic E-state index is 0.0561. The Morgan fingerprint density at radius 3 is 1.97 bits per heavy atom. The minimum atomic E-state index is -1.38. The molecule has 1 unspecified atom stereocenters. The Hall–Kier alpha value is -2.99. The van der Waals surface area contributed by atoms with Gasteiger partial charge in [-0.25, -0.2) is 4.79 Å². The second kappa shape index (κ2) is 12.6. The van der Waals surface area contributed by atoms with Crippen molar-refractivity contribution in [2.75, 3.05) is 6.54 Å². The molecule has 3 aromatic rings. The number of benzene rings is 3. The van der Waals surface area contributed by atoms with E-state index >= 15 is 0 Å². The molecule has 5 heteroatoms. The molecule has 2 N–H and O–H groups in total.